The quantitative estimate of drug-likeness (QED) is 0.598. The van der Waals surface area contributed by atoms with Crippen molar-refractivity contribution in [2.75, 3.05) is 18.0 Å². The molecule has 6 nitrogen and oxygen atoms in total. The van der Waals surface area contributed by atoms with Crippen molar-refractivity contribution >= 4 is 17.7 Å². The fraction of sp³-hybridized carbons (Fsp3) is 0.741. The van der Waals surface area contributed by atoms with Crippen molar-refractivity contribution in [2.24, 2.45) is 29.6 Å². The number of aryl methyl sites for hydroxylation is 1. The number of carbonyl (C=O) groups excluding carboxylic acids is 1. The summed E-state index contributed by atoms with van der Waals surface area (Å²) >= 11 is 0. The number of aliphatic carboxylic acids is 1. The van der Waals surface area contributed by atoms with E-state index in [-0.39, 0.29) is 18.2 Å². The van der Waals surface area contributed by atoms with Crippen LogP contribution >= 0.6 is 0 Å². The number of carboxylic acid groups (broad SMARTS) is 1. The molecule has 0 unspecified atom stereocenters. The van der Waals surface area contributed by atoms with Gasteiger partial charge in [0, 0.05) is 25.6 Å². The number of anilines is 1. The van der Waals surface area contributed by atoms with Crippen LogP contribution in [0.4, 0.5) is 5.82 Å². The molecule has 4 bridgehead atoms. The number of nitrogens with one attached hydrogen (secondary N) is 1. The van der Waals surface area contributed by atoms with Gasteiger partial charge in [-0.05, 0) is 99.5 Å². The Labute approximate surface area is 197 Å². The molecule has 5 fully saturated rings. The summed E-state index contributed by atoms with van der Waals surface area (Å²) in [6, 6.07) is 4.28. The Kier molecular flexibility index (Phi) is 6.62. The molecule has 1 aromatic rings. The Morgan fingerprint density at radius 2 is 1.85 bits per heavy atom. The standard InChI is InChI=1S/C27H39N3O3/c1-2-3-6-23-22(7-8-24(28-23)30-9-4-5-17(16-30)15-25(31)32)27(33)29-26-20-11-18-10-19(13-20)14-21(26)12-18/h7-8,17-21,26H,2-6,9-16H2,1H3,(H,29,33)(H,31,32)/t17-,18?,19?,20?,21?,26?/m0/s1. The largest absolute Gasteiger partial charge is 0.481 e. The zero-order valence-electron chi connectivity index (χ0n) is 20.0. The second-order valence-electron chi connectivity index (χ2n) is 11.2. The fourth-order valence-corrected chi connectivity index (χ4v) is 7.48. The van der Waals surface area contributed by atoms with Crippen molar-refractivity contribution in [1.29, 1.82) is 0 Å². The van der Waals surface area contributed by atoms with Gasteiger partial charge < -0.3 is 15.3 Å². The number of amides is 1. The van der Waals surface area contributed by atoms with Crippen LogP contribution in [-0.4, -0.2) is 41.1 Å². The molecular weight excluding hydrogens is 414 g/mol. The first-order chi connectivity index (χ1) is 16.0. The first kappa shape index (κ1) is 22.7. The lowest BCUT2D eigenvalue weighted by molar-refractivity contribution is -0.138. The van der Waals surface area contributed by atoms with Crippen molar-refractivity contribution in [1.82, 2.24) is 10.3 Å². The predicted octanol–water partition coefficient (Wildman–Crippen LogP) is 4.67. The van der Waals surface area contributed by atoms with Gasteiger partial charge in [-0.15, -0.1) is 0 Å². The van der Waals surface area contributed by atoms with Crippen LogP contribution in [-0.2, 0) is 11.2 Å². The molecule has 6 rings (SSSR count). The van der Waals surface area contributed by atoms with Crippen LogP contribution in [0.25, 0.3) is 0 Å². The Hall–Kier alpha value is -2.11. The van der Waals surface area contributed by atoms with E-state index in [1.807, 2.05) is 12.1 Å². The highest BCUT2D eigenvalue weighted by atomic mass is 16.4. The fourth-order valence-electron chi connectivity index (χ4n) is 7.48. The van der Waals surface area contributed by atoms with Gasteiger partial charge in [-0.25, -0.2) is 4.98 Å². The number of hydrogen-bond donors (Lipinski definition) is 2. The topological polar surface area (TPSA) is 82.5 Å². The van der Waals surface area contributed by atoms with E-state index in [1.54, 1.807) is 0 Å². The van der Waals surface area contributed by atoms with Crippen LogP contribution in [0.15, 0.2) is 12.1 Å². The number of hydrogen-bond acceptors (Lipinski definition) is 4. The van der Waals surface area contributed by atoms with E-state index in [2.05, 4.69) is 17.1 Å². The molecule has 1 saturated heterocycles. The molecule has 1 amide bonds. The second kappa shape index (κ2) is 9.63. The Bertz CT molecular complexity index is 857. The van der Waals surface area contributed by atoms with Gasteiger partial charge in [0.15, 0.2) is 0 Å². The molecule has 2 heterocycles. The second-order valence-corrected chi connectivity index (χ2v) is 11.2. The molecule has 6 heteroatoms. The zero-order chi connectivity index (χ0) is 22.9. The minimum absolute atomic E-state index is 0.0556. The molecule has 4 saturated carbocycles. The van der Waals surface area contributed by atoms with Crippen LogP contribution in [0.5, 0.6) is 0 Å². The third-order valence-electron chi connectivity index (χ3n) is 8.80. The number of aromatic nitrogens is 1. The van der Waals surface area contributed by atoms with Crippen molar-refractivity contribution < 1.29 is 14.7 Å². The molecule has 0 aromatic carbocycles. The van der Waals surface area contributed by atoms with Gasteiger partial charge in [0.1, 0.15) is 5.82 Å². The Balaban J connectivity index is 1.31. The van der Waals surface area contributed by atoms with E-state index in [4.69, 9.17) is 4.98 Å². The minimum atomic E-state index is -0.727. The van der Waals surface area contributed by atoms with Gasteiger partial charge in [0.25, 0.3) is 5.91 Å². The van der Waals surface area contributed by atoms with E-state index in [1.165, 1.54) is 32.1 Å². The normalized spacial score (nSPS) is 32.7. The average molecular weight is 454 g/mol. The van der Waals surface area contributed by atoms with Gasteiger partial charge in [-0.1, -0.05) is 13.3 Å². The highest BCUT2D eigenvalue weighted by Gasteiger charge is 2.48. The summed E-state index contributed by atoms with van der Waals surface area (Å²) < 4.78 is 0. The lowest BCUT2D eigenvalue weighted by Crippen LogP contribution is -2.55. The molecule has 5 aliphatic rings. The van der Waals surface area contributed by atoms with E-state index in [9.17, 15) is 14.7 Å². The third kappa shape index (κ3) is 4.90. The van der Waals surface area contributed by atoms with Crippen molar-refractivity contribution in [2.45, 2.75) is 83.6 Å². The lowest BCUT2D eigenvalue weighted by atomic mass is 9.54. The molecule has 1 aromatic heterocycles. The summed E-state index contributed by atoms with van der Waals surface area (Å²) in [6.45, 7) is 3.79. The molecule has 180 valence electrons. The van der Waals surface area contributed by atoms with Gasteiger partial charge in [-0.3, -0.25) is 9.59 Å². The number of carbonyl (C=O) groups is 2. The van der Waals surface area contributed by atoms with E-state index >= 15 is 0 Å². The average Bonchev–Trinajstić information content (AvgIpc) is 2.79. The summed E-state index contributed by atoms with van der Waals surface area (Å²) in [7, 11) is 0. The highest BCUT2D eigenvalue weighted by molar-refractivity contribution is 5.95. The lowest BCUT2D eigenvalue weighted by Gasteiger charge is -2.54. The number of nitrogens with zero attached hydrogens (tertiary/aromatic N) is 2. The molecule has 1 aliphatic heterocycles. The number of unbranched alkanes of at least 4 members (excludes halogenated alkanes) is 1. The maximum Gasteiger partial charge on any atom is 0.303 e. The summed E-state index contributed by atoms with van der Waals surface area (Å²) in [5.74, 6) is 3.51. The highest BCUT2D eigenvalue weighted by Crippen LogP contribution is 2.53. The predicted molar refractivity (Wildman–Crippen MR) is 128 cm³/mol. The summed E-state index contributed by atoms with van der Waals surface area (Å²) in [5, 5.41) is 12.7. The van der Waals surface area contributed by atoms with E-state index < -0.39 is 5.97 Å². The zero-order valence-corrected chi connectivity index (χ0v) is 20.0. The molecule has 0 radical (unpaired) electrons. The molecule has 1 atom stereocenters. The summed E-state index contributed by atoms with van der Waals surface area (Å²) in [5.41, 5.74) is 1.64. The smallest absolute Gasteiger partial charge is 0.303 e. The number of pyridine rings is 1. The molecular formula is C27H39N3O3. The van der Waals surface area contributed by atoms with Crippen LogP contribution in [0.2, 0.25) is 0 Å². The Morgan fingerprint density at radius 3 is 2.52 bits per heavy atom. The van der Waals surface area contributed by atoms with E-state index in [0.29, 0.717) is 17.9 Å². The first-order valence-corrected chi connectivity index (χ1v) is 13.3. The van der Waals surface area contributed by atoms with E-state index in [0.717, 1.165) is 74.1 Å². The summed E-state index contributed by atoms with van der Waals surface area (Å²) in [6.07, 6.45) is 11.6. The van der Waals surface area contributed by atoms with Gasteiger partial charge in [0.05, 0.1) is 11.3 Å². The molecule has 0 spiro atoms. The maximum atomic E-state index is 13.5. The van der Waals surface area contributed by atoms with Crippen molar-refractivity contribution in [3.05, 3.63) is 23.4 Å². The van der Waals surface area contributed by atoms with Crippen LogP contribution in [0, 0.1) is 29.6 Å². The third-order valence-corrected chi connectivity index (χ3v) is 8.80. The minimum Gasteiger partial charge on any atom is -0.481 e. The number of piperidine rings is 1. The Morgan fingerprint density at radius 1 is 1.12 bits per heavy atom. The van der Waals surface area contributed by atoms with Crippen molar-refractivity contribution in [3.63, 3.8) is 0 Å². The first-order valence-electron chi connectivity index (χ1n) is 13.3. The maximum absolute atomic E-state index is 13.5. The number of carboxylic acids is 1. The van der Waals surface area contributed by atoms with Gasteiger partial charge in [0.2, 0.25) is 0 Å². The molecule has 33 heavy (non-hydrogen) atoms. The van der Waals surface area contributed by atoms with Crippen LogP contribution in [0.3, 0.4) is 0 Å². The van der Waals surface area contributed by atoms with Crippen LogP contribution < -0.4 is 10.2 Å². The molecule has 2 N–H and O–H groups in total. The van der Waals surface area contributed by atoms with Gasteiger partial charge >= 0.3 is 5.97 Å². The van der Waals surface area contributed by atoms with Crippen LogP contribution in [0.1, 0.15) is 87.2 Å². The summed E-state index contributed by atoms with van der Waals surface area (Å²) in [4.78, 5) is 31.8. The SMILES string of the molecule is CCCCc1nc(N2CCC[C@@H](CC(=O)O)C2)ccc1C(=O)NC1C2CC3CC(C2)CC1C3. The monoisotopic (exact) mass is 453 g/mol. The van der Waals surface area contributed by atoms with Gasteiger partial charge in [-0.2, -0.15) is 0 Å². The number of rotatable bonds is 8. The van der Waals surface area contributed by atoms with Crippen molar-refractivity contribution in [3.8, 4) is 0 Å². The molecule has 4 aliphatic carbocycles.